The third kappa shape index (κ3) is 2.58. The van der Waals surface area contributed by atoms with Crippen molar-refractivity contribution in [3.63, 3.8) is 0 Å². The van der Waals surface area contributed by atoms with Gasteiger partial charge in [0.05, 0.1) is 6.61 Å². The number of ether oxygens (including phenoxy) is 1. The average molecular weight is 228 g/mol. The van der Waals surface area contributed by atoms with Gasteiger partial charge in [-0.25, -0.2) is 0 Å². The molecule has 0 aromatic rings. The predicted molar refractivity (Wildman–Crippen MR) is 68.5 cm³/mol. The van der Waals surface area contributed by atoms with Gasteiger partial charge in [0, 0.05) is 31.8 Å². The molecule has 3 nitrogen and oxygen atoms in total. The summed E-state index contributed by atoms with van der Waals surface area (Å²) in [7, 11) is 1.77. The molecule has 0 bridgehead atoms. The van der Waals surface area contributed by atoms with Crippen molar-refractivity contribution in [2.75, 3.05) is 26.8 Å². The number of rotatable bonds is 6. The van der Waals surface area contributed by atoms with Crippen molar-refractivity contribution >= 4 is 0 Å². The van der Waals surface area contributed by atoms with Crippen LogP contribution in [-0.2, 0) is 4.74 Å². The first kappa shape index (κ1) is 13.9. The highest BCUT2D eigenvalue weighted by molar-refractivity contribution is 5.01. The van der Waals surface area contributed by atoms with Crippen LogP contribution in [0.3, 0.4) is 0 Å². The standard InChI is InChI=1S/C13H28N2O/c1-11(2)15(8-9-16-4)13(10-14)7-5-6-12(13)3/h11-12H,5-10,14H2,1-4H3. The molecular formula is C13H28N2O. The first-order valence-corrected chi connectivity index (χ1v) is 6.54. The van der Waals surface area contributed by atoms with Gasteiger partial charge in [0.25, 0.3) is 0 Å². The van der Waals surface area contributed by atoms with E-state index in [0.29, 0.717) is 12.0 Å². The van der Waals surface area contributed by atoms with Crippen molar-refractivity contribution in [1.29, 1.82) is 0 Å². The van der Waals surface area contributed by atoms with E-state index in [1.54, 1.807) is 7.11 Å². The maximum Gasteiger partial charge on any atom is 0.0590 e. The van der Waals surface area contributed by atoms with Crippen LogP contribution >= 0.6 is 0 Å². The number of hydrogen-bond donors (Lipinski definition) is 1. The van der Waals surface area contributed by atoms with Gasteiger partial charge >= 0.3 is 0 Å². The van der Waals surface area contributed by atoms with Gasteiger partial charge in [-0.2, -0.15) is 0 Å². The van der Waals surface area contributed by atoms with Gasteiger partial charge in [-0.05, 0) is 32.6 Å². The Kier molecular flexibility index (Phi) is 5.22. The zero-order valence-electron chi connectivity index (χ0n) is 11.3. The van der Waals surface area contributed by atoms with Crippen LogP contribution in [0.15, 0.2) is 0 Å². The zero-order chi connectivity index (χ0) is 12.2. The molecule has 0 saturated heterocycles. The van der Waals surface area contributed by atoms with Crippen LogP contribution in [0, 0.1) is 5.92 Å². The molecule has 0 heterocycles. The van der Waals surface area contributed by atoms with Crippen molar-refractivity contribution in [2.45, 2.75) is 51.6 Å². The van der Waals surface area contributed by atoms with Crippen LogP contribution in [0.1, 0.15) is 40.0 Å². The summed E-state index contributed by atoms with van der Waals surface area (Å²) >= 11 is 0. The maximum atomic E-state index is 6.09. The second kappa shape index (κ2) is 5.99. The molecular weight excluding hydrogens is 200 g/mol. The van der Waals surface area contributed by atoms with E-state index >= 15 is 0 Å². The molecule has 0 spiro atoms. The number of hydrogen-bond acceptors (Lipinski definition) is 3. The highest BCUT2D eigenvalue weighted by Crippen LogP contribution is 2.40. The van der Waals surface area contributed by atoms with E-state index < -0.39 is 0 Å². The van der Waals surface area contributed by atoms with Crippen molar-refractivity contribution in [3.05, 3.63) is 0 Å². The lowest BCUT2D eigenvalue weighted by atomic mass is 9.85. The van der Waals surface area contributed by atoms with Crippen LogP contribution in [0.2, 0.25) is 0 Å². The second-order valence-electron chi connectivity index (χ2n) is 5.38. The van der Waals surface area contributed by atoms with Crippen LogP contribution in [0.4, 0.5) is 0 Å². The normalized spacial score (nSPS) is 30.6. The minimum atomic E-state index is 0.215. The molecule has 1 aliphatic carbocycles. The summed E-state index contributed by atoms with van der Waals surface area (Å²) in [5.74, 6) is 0.705. The van der Waals surface area contributed by atoms with Gasteiger partial charge in [-0.15, -0.1) is 0 Å². The summed E-state index contributed by atoms with van der Waals surface area (Å²) in [6.07, 6.45) is 3.87. The molecule has 0 aromatic heterocycles. The van der Waals surface area contributed by atoms with Crippen molar-refractivity contribution in [1.82, 2.24) is 4.90 Å². The van der Waals surface area contributed by atoms with Crippen molar-refractivity contribution in [2.24, 2.45) is 11.7 Å². The van der Waals surface area contributed by atoms with Crippen LogP contribution in [0.5, 0.6) is 0 Å². The van der Waals surface area contributed by atoms with Gasteiger partial charge in [0.15, 0.2) is 0 Å². The van der Waals surface area contributed by atoms with Gasteiger partial charge < -0.3 is 10.5 Å². The third-order valence-electron chi connectivity index (χ3n) is 4.25. The summed E-state index contributed by atoms with van der Waals surface area (Å²) in [5, 5.41) is 0. The summed E-state index contributed by atoms with van der Waals surface area (Å²) in [4.78, 5) is 2.56. The average Bonchev–Trinajstić information content (AvgIpc) is 2.61. The summed E-state index contributed by atoms with van der Waals surface area (Å²) < 4.78 is 5.22. The monoisotopic (exact) mass is 228 g/mol. The van der Waals surface area contributed by atoms with Gasteiger partial charge in [-0.3, -0.25) is 4.90 Å². The Labute approximate surface area is 100 Å². The summed E-state index contributed by atoms with van der Waals surface area (Å²) in [6, 6.07) is 0.541. The lowest BCUT2D eigenvalue weighted by Crippen LogP contribution is -2.59. The van der Waals surface area contributed by atoms with E-state index in [1.165, 1.54) is 19.3 Å². The molecule has 1 aliphatic rings. The van der Waals surface area contributed by atoms with Gasteiger partial charge in [0.2, 0.25) is 0 Å². The lowest BCUT2D eigenvalue weighted by Gasteiger charge is -2.46. The molecule has 3 heteroatoms. The second-order valence-corrected chi connectivity index (χ2v) is 5.38. The molecule has 2 N–H and O–H groups in total. The molecule has 96 valence electrons. The minimum absolute atomic E-state index is 0.215. The lowest BCUT2D eigenvalue weighted by molar-refractivity contribution is 0.0138. The maximum absolute atomic E-state index is 6.09. The molecule has 2 unspecified atom stereocenters. The predicted octanol–water partition coefficient (Wildman–Crippen LogP) is 1.86. The molecule has 0 amide bonds. The molecule has 2 atom stereocenters. The fraction of sp³-hybridized carbons (Fsp3) is 1.00. The van der Waals surface area contributed by atoms with Crippen molar-refractivity contribution < 1.29 is 4.74 Å². The fourth-order valence-corrected chi connectivity index (χ4v) is 3.26. The Hall–Kier alpha value is -0.120. The molecule has 0 radical (unpaired) electrons. The smallest absolute Gasteiger partial charge is 0.0590 e. The van der Waals surface area contributed by atoms with E-state index in [9.17, 15) is 0 Å². The fourth-order valence-electron chi connectivity index (χ4n) is 3.26. The number of nitrogens with two attached hydrogens (primary N) is 1. The van der Waals surface area contributed by atoms with Crippen LogP contribution < -0.4 is 5.73 Å². The Bertz CT molecular complexity index is 208. The minimum Gasteiger partial charge on any atom is -0.383 e. The van der Waals surface area contributed by atoms with E-state index in [4.69, 9.17) is 10.5 Å². The largest absolute Gasteiger partial charge is 0.383 e. The third-order valence-corrected chi connectivity index (χ3v) is 4.25. The van der Waals surface area contributed by atoms with E-state index in [2.05, 4.69) is 25.7 Å². The highest BCUT2D eigenvalue weighted by Gasteiger charge is 2.44. The zero-order valence-corrected chi connectivity index (χ0v) is 11.3. The van der Waals surface area contributed by atoms with Gasteiger partial charge in [0.1, 0.15) is 0 Å². The topological polar surface area (TPSA) is 38.5 Å². The van der Waals surface area contributed by atoms with E-state index in [0.717, 1.165) is 19.7 Å². The van der Waals surface area contributed by atoms with E-state index in [-0.39, 0.29) is 5.54 Å². The Morgan fingerprint density at radius 2 is 2.19 bits per heavy atom. The Morgan fingerprint density at radius 3 is 2.56 bits per heavy atom. The highest BCUT2D eigenvalue weighted by atomic mass is 16.5. The Morgan fingerprint density at radius 1 is 1.50 bits per heavy atom. The number of methoxy groups -OCH3 is 1. The van der Waals surface area contributed by atoms with E-state index in [1.807, 2.05) is 0 Å². The first-order valence-electron chi connectivity index (χ1n) is 6.54. The molecule has 1 saturated carbocycles. The van der Waals surface area contributed by atoms with Crippen LogP contribution in [0.25, 0.3) is 0 Å². The first-order chi connectivity index (χ1) is 7.58. The quantitative estimate of drug-likeness (QED) is 0.754. The van der Waals surface area contributed by atoms with Crippen LogP contribution in [-0.4, -0.2) is 43.3 Å². The molecule has 1 fully saturated rings. The summed E-state index contributed by atoms with van der Waals surface area (Å²) in [6.45, 7) is 9.44. The molecule has 0 aromatic carbocycles. The SMILES string of the molecule is COCCN(C(C)C)C1(CN)CCCC1C. The molecule has 0 aliphatic heterocycles. The molecule has 1 rings (SSSR count). The Balaban J connectivity index is 2.80. The molecule has 16 heavy (non-hydrogen) atoms. The number of nitrogens with zero attached hydrogens (tertiary/aromatic N) is 1. The van der Waals surface area contributed by atoms with Gasteiger partial charge in [-0.1, -0.05) is 13.3 Å². The van der Waals surface area contributed by atoms with Crippen molar-refractivity contribution in [3.8, 4) is 0 Å². The summed E-state index contributed by atoms with van der Waals surface area (Å²) in [5.41, 5.74) is 6.30.